The molecule has 66 valence electrons. The summed E-state index contributed by atoms with van der Waals surface area (Å²) in [6.07, 6.45) is 0.791. The van der Waals surface area contributed by atoms with Crippen LogP contribution >= 0.6 is 0 Å². The summed E-state index contributed by atoms with van der Waals surface area (Å²) < 4.78 is 0. The van der Waals surface area contributed by atoms with Crippen molar-refractivity contribution in [3.05, 3.63) is 28.8 Å². The van der Waals surface area contributed by atoms with Crippen LogP contribution in [0, 0.1) is 6.92 Å². The van der Waals surface area contributed by atoms with E-state index in [0.29, 0.717) is 5.75 Å². The number of hydrogen-bond acceptors (Lipinski definition) is 2. The molecule has 0 unspecified atom stereocenters. The number of aryl methyl sites for hydroxylation is 2. The molecule has 0 aliphatic heterocycles. The Hall–Kier alpha value is -1.02. The summed E-state index contributed by atoms with van der Waals surface area (Å²) >= 11 is 0. The summed E-state index contributed by atoms with van der Waals surface area (Å²) in [5.41, 5.74) is 2.72. The monoisotopic (exact) mass is 166 g/mol. The second-order valence-electron chi connectivity index (χ2n) is 2.92. The highest BCUT2D eigenvalue weighted by molar-refractivity contribution is 5.41. The number of aromatic hydroxyl groups is 1. The van der Waals surface area contributed by atoms with Crippen molar-refractivity contribution in [2.24, 2.45) is 0 Å². The van der Waals surface area contributed by atoms with Gasteiger partial charge >= 0.3 is 0 Å². The van der Waals surface area contributed by atoms with E-state index in [0.717, 1.165) is 23.1 Å². The average molecular weight is 166 g/mol. The minimum absolute atomic E-state index is 0.0408. The molecule has 0 saturated carbocycles. The fourth-order valence-corrected chi connectivity index (χ4v) is 1.24. The first kappa shape index (κ1) is 9.07. The number of benzene rings is 1. The Kier molecular flexibility index (Phi) is 2.71. The van der Waals surface area contributed by atoms with Crippen molar-refractivity contribution in [1.82, 2.24) is 0 Å². The van der Waals surface area contributed by atoms with Crippen molar-refractivity contribution < 1.29 is 10.2 Å². The van der Waals surface area contributed by atoms with Crippen molar-refractivity contribution in [2.75, 3.05) is 0 Å². The Morgan fingerprint density at radius 3 is 2.42 bits per heavy atom. The van der Waals surface area contributed by atoms with Gasteiger partial charge in [0.05, 0.1) is 6.61 Å². The van der Waals surface area contributed by atoms with E-state index in [9.17, 15) is 5.11 Å². The van der Waals surface area contributed by atoms with E-state index in [1.54, 1.807) is 6.07 Å². The Morgan fingerprint density at radius 1 is 1.25 bits per heavy atom. The Balaban J connectivity index is 3.18. The normalized spacial score (nSPS) is 10.2. The van der Waals surface area contributed by atoms with E-state index in [1.807, 2.05) is 19.9 Å². The van der Waals surface area contributed by atoms with E-state index in [2.05, 4.69) is 0 Å². The van der Waals surface area contributed by atoms with Crippen LogP contribution in [0.3, 0.4) is 0 Å². The van der Waals surface area contributed by atoms with Gasteiger partial charge in [-0.1, -0.05) is 6.92 Å². The van der Waals surface area contributed by atoms with Gasteiger partial charge in [0.1, 0.15) is 5.75 Å². The Labute approximate surface area is 72.5 Å². The van der Waals surface area contributed by atoms with Crippen molar-refractivity contribution in [1.29, 1.82) is 0 Å². The molecule has 0 aromatic heterocycles. The van der Waals surface area contributed by atoms with Crippen LogP contribution in [0.4, 0.5) is 0 Å². The topological polar surface area (TPSA) is 40.5 Å². The summed E-state index contributed by atoms with van der Waals surface area (Å²) in [5, 5.41) is 18.4. The zero-order chi connectivity index (χ0) is 9.14. The molecule has 0 radical (unpaired) electrons. The highest BCUT2D eigenvalue weighted by Gasteiger charge is 2.03. The molecule has 0 amide bonds. The van der Waals surface area contributed by atoms with Crippen LogP contribution in [0.5, 0.6) is 5.75 Å². The summed E-state index contributed by atoms with van der Waals surface area (Å²) in [6, 6.07) is 3.55. The van der Waals surface area contributed by atoms with E-state index in [-0.39, 0.29) is 6.61 Å². The number of phenolic OH excluding ortho intramolecular Hbond substituents is 1. The minimum Gasteiger partial charge on any atom is -0.508 e. The number of rotatable bonds is 2. The molecule has 0 aliphatic rings. The molecule has 1 rings (SSSR count). The molecule has 0 atom stereocenters. The highest BCUT2D eigenvalue weighted by atomic mass is 16.3. The lowest BCUT2D eigenvalue weighted by Gasteiger charge is -2.07. The third kappa shape index (κ3) is 1.59. The van der Waals surface area contributed by atoms with Gasteiger partial charge in [0.2, 0.25) is 0 Å². The summed E-state index contributed by atoms with van der Waals surface area (Å²) in [6.45, 7) is 3.90. The van der Waals surface area contributed by atoms with E-state index in [4.69, 9.17) is 5.11 Å². The van der Waals surface area contributed by atoms with Gasteiger partial charge in [0.15, 0.2) is 0 Å². The minimum atomic E-state index is 0.0408. The first-order valence-corrected chi connectivity index (χ1v) is 4.11. The molecule has 0 fully saturated rings. The van der Waals surface area contributed by atoms with Gasteiger partial charge in [-0.15, -0.1) is 0 Å². The van der Waals surface area contributed by atoms with Crippen molar-refractivity contribution in [3.8, 4) is 5.75 Å². The van der Waals surface area contributed by atoms with Crippen LogP contribution < -0.4 is 0 Å². The molecule has 0 saturated heterocycles. The number of phenols is 1. The third-order valence-electron chi connectivity index (χ3n) is 2.09. The summed E-state index contributed by atoms with van der Waals surface area (Å²) in [4.78, 5) is 0. The third-order valence-corrected chi connectivity index (χ3v) is 2.09. The molecule has 0 aliphatic carbocycles. The lowest BCUT2D eigenvalue weighted by Crippen LogP contribution is -1.92. The molecule has 12 heavy (non-hydrogen) atoms. The fraction of sp³-hybridized carbons (Fsp3) is 0.400. The van der Waals surface area contributed by atoms with Crippen molar-refractivity contribution >= 4 is 0 Å². The Bertz CT molecular complexity index is 254. The molecule has 0 spiro atoms. The first-order chi connectivity index (χ1) is 5.69. The van der Waals surface area contributed by atoms with Crippen molar-refractivity contribution in [2.45, 2.75) is 26.9 Å². The molecular formula is C10H14O2. The molecule has 2 heteroatoms. The standard InChI is InChI=1S/C10H14O2/c1-3-8-5-9(6-11)7(2)4-10(8)12/h4-5,11-12H,3,6H2,1-2H3. The Morgan fingerprint density at radius 2 is 1.92 bits per heavy atom. The first-order valence-electron chi connectivity index (χ1n) is 4.11. The number of aliphatic hydroxyl groups excluding tert-OH is 1. The van der Waals surface area contributed by atoms with Gasteiger partial charge in [0.25, 0.3) is 0 Å². The molecule has 0 bridgehead atoms. The van der Waals surface area contributed by atoms with Crippen LogP contribution in [0.15, 0.2) is 12.1 Å². The molecule has 2 N–H and O–H groups in total. The molecular weight excluding hydrogens is 152 g/mol. The van der Waals surface area contributed by atoms with E-state index in [1.165, 1.54) is 0 Å². The largest absolute Gasteiger partial charge is 0.508 e. The average Bonchev–Trinajstić information content (AvgIpc) is 2.05. The number of hydrogen-bond donors (Lipinski definition) is 2. The van der Waals surface area contributed by atoms with Crippen LogP contribution in [0.25, 0.3) is 0 Å². The van der Waals surface area contributed by atoms with E-state index >= 15 is 0 Å². The predicted molar refractivity (Wildman–Crippen MR) is 48.1 cm³/mol. The molecule has 1 aromatic rings. The van der Waals surface area contributed by atoms with Gasteiger partial charge in [0, 0.05) is 0 Å². The zero-order valence-electron chi connectivity index (χ0n) is 7.46. The van der Waals surface area contributed by atoms with Gasteiger partial charge in [-0.3, -0.25) is 0 Å². The van der Waals surface area contributed by atoms with Crippen LogP contribution in [0.1, 0.15) is 23.6 Å². The van der Waals surface area contributed by atoms with Crippen LogP contribution in [0.2, 0.25) is 0 Å². The second-order valence-corrected chi connectivity index (χ2v) is 2.92. The SMILES string of the molecule is CCc1cc(CO)c(C)cc1O. The van der Waals surface area contributed by atoms with Gasteiger partial charge in [-0.25, -0.2) is 0 Å². The maximum atomic E-state index is 9.43. The van der Waals surface area contributed by atoms with Gasteiger partial charge in [-0.2, -0.15) is 0 Å². The highest BCUT2D eigenvalue weighted by Crippen LogP contribution is 2.22. The zero-order valence-corrected chi connectivity index (χ0v) is 7.46. The smallest absolute Gasteiger partial charge is 0.119 e. The lowest BCUT2D eigenvalue weighted by atomic mass is 10.0. The molecule has 0 heterocycles. The maximum Gasteiger partial charge on any atom is 0.119 e. The quantitative estimate of drug-likeness (QED) is 0.702. The number of aliphatic hydroxyl groups is 1. The van der Waals surface area contributed by atoms with E-state index < -0.39 is 0 Å². The molecule has 2 nitrogen and oxygen atoms in total. The van der Waals surface area contributed by atoms with Gasteiger partial charge < -0.3 is 10.2 Å². The maximum absolute atomic E-state index is 9.43. The molecule has 1 aromatic carbocycles. The van der Waals surface area contributed by atoms with Crippen LogP contribution in [-0.4, -0.2) is 10.2 Å². The lowest BCUT2D eigenvalue weighted by molar-refractivity contribution is 0.280. The predicted octanol–water partition coefficient (Wildman–Crippen LogP) is 1.76. The summed E-state index contributed by atoms with van der Waals surface area (Å²) in [7, 11) is 0. The second kappa shape index (κ2) is 3.59. The fourth-order valence-electron chi connectivity index (χ4n) is 1.24. The van der Waals surface area contributed by atoms with Crippen molar-refractivity contribution in [3.63, 3.8) is 0 Å². The van der Waals surface area contributed by atoms with Crippen LogP contribution in [-0.2, 0) is 13.0 Å². The summed E-state index contributed by atoms with van der Waals surface area (Å²) in [5.74, 6) is 0.326. The van der Waals surface area contributed by atoms with Gasteiger partial charge in [-0.05, 0) is 42.2 Å².